The van der Waals surface area contributed by atoms with Gasteiger partial charge in [0.1, 0.15) is 18.1 Å². The summed E-state index contributed by atoms with van der Waals surface area (Å²) in [5.41, 5.74) is 8.23. The molecule has 4 atom stereocenters. The van der Waals surface area contributed by atoms with Crippen LogP contribution in [0, 0.1) is 0 Å². The zero-order valence-electron chi connectivity index (χ0n) is 18.3. The van der Waals surface area contributed by atoms with Crippen molar-refractivity contribution in [2.24, 2.45) is 5.73 Å². The Morgan fingerprint density at radius 1 is 1.28 bits per heavy atom. The van der Waals surface area contributed by atoms with E-state index >= 15 is 0 Å². The Bertz CT molecular complexity index is 896. The SMILES string of the molecule is CC1(C)SSC[C@H](N)CN[C@@H]1C(=O)N1Cc2ccccc2C[C@H]1C(=O)N[C@H]1CCOC1=O. The van der Waals surface area contributed by atoms with Crippen molar-refractivity contribution >= 4 is 39.4 Å². The minimum absolute atomic E-state index is 0.0477. The molecule has 0 aliphatic carbocycles. The van der Waals surface area contributed by atoms with Gasteiger partial charge in [-0.15, -0.1) is 0 Å². The molecule has 32 heavy (non-hydrogen) atoms. The van der Waals surface area contributed by atoms with Gasteiger partial charge in [0.05, 0.1) is 6.61 Å². The molecule has 3 aliphatic rings. The smallest absolute Gasteiger partial charge is 0.328 e. The number of fused-ring (bicyclic) bond motifs is 1. The second kappa shape index (κ2) is 9.62. The van der Waals surface area contributed by atoms with E-state index in [1.165, 1.54) is 0 Å². The third-order valence-corrected chi connectivity index (χ3v) is 9.57. The van der Waals surface area contributed by atoms with E-state index in [9.17, 15) is 14.4 Å². The van der Waals surface area contributed by atoms with E-state index in [0.717, 1.165) is 16.9 Å². The summed E-state index contributed by atoms with van der Waals surface area (Å²) >= 11 is 0. The molecule has 4 N–H and O–H groups in total. The van der Waals surface area contributed by atoms with Crippen LogP contribution in [0.15, 0.2) is 24.3 Å². The van der Waals surface area contributed by atoms with E-state index in [1.54, 1.807) is 26.5 Å². The van der Waals surface area contributed by atoms with Crippen LogP contribution in [-0.2, 0) is 32.1 Å². The number of carbonyl (C=O) groups is 3. The predicted octanol–water partition coefficient (Wildman–Crippen LogP) is 0.831. The molecule has 2 amide bonds. The zero-order valence-corrected chi connectivity index (χ0v) is 20.0. The Balaban J connectivity index is 1.61. The van der Waals surface area contributed by atoms with Gasteiger partial charge in [-0.2, -0.15) is 0 Å². The van der Waals surface area contributed by atoms with Crippen molar-refractivity contribution in [2.45, 2.75) is 62.1 Å². The minimum atomic E-state index is -0.694. The average Bonchev–Trinajstić information content (AvgIpc) is 3.15. The van der Waals surface area contributed by atoms with Gasteiger partial charge in [-0.1, -0.05) is 45.9 Å². The van der Waals surface area contributed by atoms with Gasteiger partial charge in [-0.3, -0.25) is 9.59 Å². The molecule has 2 fully saturated rings. The van der Waals surface area contributed by atoms with Gasteiger partial charge in [0.15, 0.2) is 0 Å². The Morgan fingerprint density at radius 2 is 2.03 bits per heavy atom. The van der Waals surface area contributed by atoms with Crippen LogP contribution in [0.3, 0.4) is 0 Å². The van der Waals surface area contributed by atoms with E-state index in [-0.39, 0.29) is 17.9 Å². The third kappa shape index (κ3) is 4.93. The van der Waals surface area contributed by atoms with Gasteiger partial charge in [0.25, 0.3) is 0 Å². The predicted molar refractivity (Wildman–Crippen MR) is 126 cm³/mol. The highest BCUT2D eigenvalue weighted by atomic mass is 33.1. The maximum Gasteiger partial charge on any atom is 0.328 e. The molecule has 3 heterocycles. The molecule has 0 aromatic heterocycles. The summed E-state index contributed by atoms with van der Waals surface area (Å²) in [5, 5.41) is 6.18. The fourth-order valence-electron chi connectivity index (χ4n) is 4.33. The van der Waals surface area contributed by atoms with Crippen LogP contribution in [0.4, 0.5) is 0 Å². The lowest BCUT2D eigenvalue weighted by atomic mass is 9.91. The highest BCUT2D eigenvalue weighted by Crippen LogP contribution is 2.40. The lowest BCUT2D eigenvalue weighted by molar-refractivity contribution is -0.146. The summed E-state index contributed by atoms with van der Waals surface area (Å²) in [6.45, 7) is 5.26. The number of rotatable bonds is 3. The normalized spacial score (nSPS) is 30.0. The molecule has 174 valence electrons. The second-order valence-corrected chi connectivity index (χ2v) is 12.0. The number of hydrogen-bond donors (Lipinski definition) is 3. The van der Waals surface area contributed by atoms with Crippen molar-refractivity contribution in [1.29, 1.82) is 0 Å². The van der Waals surface area contributed by atoms with Crippen molar-refractivity contribution in [3.63, 3.8) is 0 Å². The zero-order chi connectivity index (χ0) is 22.9. The number of ether oxygens (including phenoxy) is 1. The quantitative estimate of drug-likeness (QED) is 0.433. The van der Waals surface area contributed by atoms with Crippen LogP contribution in [0.25, 0.3) is 0 Å². The number of cyclic esters (lactones) is 1. The number of nitrogens with zero attached hydrogens (tertiary/aromatic N) is 1. The van der Waals surface area contributed by atoms with Crippen molar-refractivity contribution in [2.75, 3.05) is 18.9 Å². The van der Waals surface area contributed by atoms with Crippen LogP contribution < -0.4 is 16.4 Å². The number of nitrogens with one attached hydrogen (secondary N) is 2. The maximum atomic E-state index is 13.9. The second-order valence-electron chi connectivity index (χ2n) is 9.04. The summed E-state index contributed by atoms with van der Waals surface area (Å²) in [7, 11) is 3.32. The average molecular weight is 479 g/mol. The van der Waals surface area contributed by atoms with Crippen LogP contribution in [-0.4, -0.2) is 70.5 Å². The van der Waals surface area contributed by atoms with E-state index in [0.29, 0.717) is 32.5 Å². The molecule has 2 saturated heterocycles. The number of carbonyl (C=O) groups excluding carboxylic acids is 3. The van der Waals surface area contributed by atoms with Crippen LogP contribution in [0.1, 0.15) is 31.4 Å². The fourth-order valence-corrected chi connectivity index (χ4v) is 7.20. The van der Waals surface area contributed by atoms with Crippen LogP contribution in [0.5, 0.6) is 0 Å². The van der Waals surface area contributed by atoms with E-state index in [4.69, 9.17) is 10.5 Å². The Kier molecular flexibility index (Phi) is 7.04. The standard InChI is InChI=1S/C22H30N4O4S2/c1-22(2)18(24-10-15(23)12-31-32-22)20(28)26-11-14-6-4-3-5-13(14)9-17(26)19(27)25-16-7-8-30-21(16)29/h3-6,15-18,24H,7-12,23H2,1-2H3,(H,25,27)/t15-,16+,17+,18-/m1/s1. The van der Waals surface area contributed by atoms with E-state index < -0.39 is 28.8 Å². The molecule has 3 aliphatic heterocycles. The summed E-state index contributed by atoms with van der Waals surface area (Å²) in [5.74, 6) is -0.0562. The number of hydrogen-bond acceptors (Lipinski definition) is 8. The molecular weight excluding hydrogens is 448 g/mol. The molecule has 0 spiro atoms. The fraction of sp³-hybridized carbons (Fsp3) is 0.591. The van der Waals surface area contributed by atoms with Gasteiger partial charge in [-0.05, 0) is 25.0 Å². The molecule has 0 unspecified atom stereocenters. The molecular formula is C22H30N4O4S2. The van der Waals surface area contributed by atoms with Crippen molar-refractivity contribution in [3.8, 4) is 0 Å². The van der Waals surface area contributed by atoms with Gasteiger partial charge in [0, 0.05) is 42.5 Å². The van der Waals surface area contributed by atoms with Gasteiger partial charge >= 0.3 is 5.97 Å². The van der Waals surface area contributed by atoms with Crippen LogP contribution in [0.2, 0.25) is 0 Å². The molecule has 1 aromatic carbocycles. The first kappa shape index (κ1) is 23.4. The lowest BCUT2D eigenvalue weighted by Crippen LogP contribution is -2.63. The van der Waals surface area contributed by atoms with Crippen molar-refractivity contribution < 1.29 is 19.1 Å². The number of benzene rings is 1. The van der Waals surface area contributed by atoms with E-state index in [2.05, 4.69) is 10.6 Å². The van der Waals surface area contributed by atoms with Gasteiger partial charge in [0.2, 0.25) is 11.8 Å². The summed E-state index contributed by atoms with van der Waals surface area (Å²) in [6, 6.07) is 5.98. The van der Waals surface area contributed by atoms with Gasteiger partial charge < -0.3 is 26.0 Å². The van der Waals surface area contributed by atoms with Crippen molar-refractivity contribution in [3.05, 3.63) is 35.4 Å². The number of nitrogens with two attached hydrogens (primary N) is 1. The van der Waals surface area contributed by atoms with Crippen molar-refractivity contribution in [1.82, 2.24) is 15.5 Å². The molecule has 0 radical (unpaired) electrons. The first-order valence-electron chi connectivity index (χ1n) is 10.9. The maximum absolute atomic E-state index is 13.9. The number of esters is 1. The molecule has 1 aromatic rings. The third-order valence-electron chi connectivity index (χ3n) is 6.17. The number of amides is 2. The highest BCUT2D eigenvalue weighted by molar-refractivity contribution is 8.77. The van der Waals surface area contributed by atoms with E-state index in [1.807, 2.05) is 38.1 Å². The largest absolute Gasteiger partial charge is 0.464 e. The molecule has 10 heteroatoms. The first-order valence-corrected chi connectivity index (χ1v) is 13.2. The molecule has 0 bridgehead atoms. The van der Waals surface area contributed by atoms with Crippen LogP contribution >= 0.6 is 21.6 Å². The minimum Gasteiger partial charge on any atom is -0.464 e. The Labute approximate surface area is 196 Å². The topological polar surface area (TPSA) is 114 Å². The summed E-state index contributed by atoms with van der Waals surface area (Å²) < 4.78 is 4.59. The summed E-state index contributed by atoms with van der Waals surface area (Å²) in [6.07, 6.45) is 0.856. The Morgan fingerprint density at radius 3 is 2.75 bits per heavy atom. The monoisotopic (exact) mass is 478 g/mol. The van der Waals surface area contributed by atoms with Gasteiger partial charge in [-0.25, -0.2) is 4.79 Å². The highest BCUT2D eigenvalue weighted by Gasteiger charge is 2.44. The molecule has 0 saturated carbocycles. The summed E-state index contributed by atoms with van der Waals surface area (Å²) in [4.78, 5) is 40.7. The molecule has 4 rings (SSSR count). The Hall–Kier alpha value is -1.75. The first-order chi connectivity index (χ1) is 15.3. The molecule has 8 nitrogen and oxygen atoms in total. The lowest BCUT2D eigenvalue weighted by Gasteiger charge is -2.42.